The van der Waals surface area contributed by atoms with E-state index in [2.05, 4.69) is 45.0 Å². The van der Waals surface area contributed by atoms with E-state index in [1.807, 2.05) is 57.2 Å². The van der Waals surface area contributed by atoms with Crippen LogP contribution in [0.3, 0.4) is 0 Å². The molecule has 1 fully saturated rings. The Morgan fingerprint density at radius 3 is 1.88 bits per heavy atom. The zero-order chi connectivity index (χ0) is 23.5. The molecule has 0 bridgehead atoms. The molecule has 0 spiro atoms. The van der Waals surface area contributed by atoms with Crippen LogP contribution in [-0.2, 0) is 14.0 Å². The summed E-state index contributed by atoms with van der Waals surface area (Å²) < 4.78 is 12.1. The minimum Gasteiger partial charge on any atom is -0.443 e. The van der Waals surface area contributed by atoms with Crippen LogP contribution in [0.5, 0.6) is 0 Å². The van der Waals surface area contributed by atoms with Crippen LogP contribution in [0.1, 0.15) is 48.0 Å². The van der Waals surface area contributed by atoms with E-state index in [-0.39, 0.29) is 23.3 Å². The summed E-state index contributed by atoms with van der Waals surface area (Å²) in [4.78, 5) is 27.6. The molecule has 1 aliphatic rings. The first kappa shape index (κ1) is 24.2. The summed E-state index contributed by atoms with van der Waals surface area (Å²) in [5.74, 6) is -0.567. The molecule has 1 heterocycles. The van der Waals surface area contributed by atoms with Crippen molar-refractivity contribution in [3.8, 4) is 0 Å². The predicted molar refractivity (Wildman–Crippen MR) is 130 cm³/mol. The topological polar surface area (TPSA) is 55.8 Å². The molecule has 0 aliphatic carbocycles. The average molecular weight is 454 g/mol. The highest BCUT2D eigenvalue weighted by Gasteiger charge is 2.49. The predicted octanol–water partition coefficient (Wildman–Crippen LogP) is 3.74. The Morgan fingerprint density at radius 2 is 1.44 bits per heavy atom. The van der Waals surface area contributed by atoms with Crippen molar-refractivity contribution in [2.24, 2.45) is 11.3 Å². The summed E-state index contributed by atoms with van der Waals surface area (Å²) >= 11 is 0. The number of imide groups is 1. The summed E-state index contributed by atoms with van der Waals surface area (Å²) in [6.07, 6.45) is 0.0107. The van der Waals surface area contributed by atoms with Crippen molar-refractivity contribution in [1.82, 2.24) is 4.90 Å². The molecule has 2 amide bonds. The molecule has 0 radical (unpaired) electrons. The molecule has 6 heteroatoms. The Bertz CT molecular complexity index is 879. The van der Waals surface area contributed by atoms with Gasteiger partial charge in [0, 0.05) is 12.6 Å². The number of amides is 2. The highest BCUT2D eigenvalue weighted by molar-refractivity contribution is 6.80. The van der Waals surface area contributed by atoms with Gasteiger partial charge in [-0.25, -0.2) is 9.69 Å². The molecule has 5 nitrogen and oxygen atoms in total. The first-order chi connectivity index (χ1) is 15.0. The maximum atomic E-state index is 13.3. The third-order valence-corrected chi connectivity index (χ3v) is 8.17. The van der Waals surface area contributed by atoms with E-state index in [9.17, 15) is 9.59 Å². The molecule has 1 aliphatic heterocycles. The molecule has 1 unspecified atom stereocenters. The van der Waals surface area contributed by atoms with Gasteiger partial charge in [-0.3, -0.25) is 4.79 Å². The van der Waals surface area contributed by atoms with Crippen molar-refractivity contribution in [3.05, 3.63) is 60.7 Å². The Balaban J connectivity index is 1.81. The molecule has 0 saturated carbocycles. The SMILES string of the molecule is CC(C)(C)OC(=O)N1C(=O)[C@H](CO[SiH](c2ccccc2)c2ccccc2)CC1C(C)(C)C. The van der Waals surface area contributed by atoms with Gasteiger partial charge >= 0.3 is 6.09 Å². The lowest BCUT2D eigenvalue weighted by atomic mass is 9.84. The van der Waals surface area contributed by atoms with Gasteiger partial charge in [-0.15, -0.1) is 0 Å². The molecule has 1 saturated heterocycles. The number of ether oxygens (including phenoxy) is 1. The number of hydrogen-bond acceptors (Lipinski definition) is 4. The molecule has 2 aromatic carbocycles. The molecule has 0 aromatic heterocycles. The largest absolute Gasteiger partial charge is 0.443 e. The fourth-order valence-electron chi connectivity index (χ4n) is 4.09. The number of likely N-dealkylation sites (tertiary alicyclic amines) is 1. The van der Waals surface area contributed by atoms with Crippen LogP contribution in [-0.4, -0.2) is 44.2 Å². The van der Waals surface area contributed by atoms with Gasteiger partial charge in [-0.05, 0) is 43.0 Å². The van der Waals surface area contributed by atoms with Crippen molar-refractivity contribution in [2.75, 3.05) is 6.61 Å². The number of rotatable bonds is 5. The molecular formula is C26H35NO4Si. The van der Waals surface area contributed by atoms with Gasteiger partial charge in [0.05, 0.1) is 5.92 Å². The first-order valence-electron chi connectivity index (χ1n) is 11.2. The Hall–Kier alpha value is -2.44. The summed E-state index contributed by atoms with van der Waals surface area (Å²) in [7, 11) is -1.96. The lowest BCUT2D eigenvalue weighted by molar-refractivity contribution is -0.132. The van der Waals surface area contributed by atoms with Crippen LogP contribution in [0, 0.1) is 11.3 Å². The highest BCUT2D eigenvalue weighted by Crippen LogP contribution is 2.37. The monoisotopic (exact) mass is 453 g/mol. The molecule has 32 heavy (non-hydrogen) atoms. The van der Waals surface area contributed by atoms with Crippen molar-refractivity contribution < 1.29 is 18.8 Å². The van der Waals surface area contributed by atoms with Gasteiger partial charge in [0.1, 0.15) is 5.60 Å². The second-order valence-electron chi connectivity index (χ2n) is 10.5. The van der Waals surface area contributed by atoms with Gasteiger partial charge in [-0.2, -0.15) is 0 Å². The molecule has 3 rings (SSSR count). The Labute approximate surface area is 193 Å². The van der Waals surface area contributed by atoms with Crippen LogP contribution < -0.4 is 10.4 Å². The second kappa shape index (κ2) is 9.59. The summed E-state index contributed by atoms with van der Waals surface area (Å²) in [5.41, 5.74) is -0.913. The van der Waals surface area contributed by atoms with Crippen LogP contribution in [0.2, 0.25) is 0 Å². The van der Waals surface area contributed by atoms with E-state index in [1.165, 1.54) is 15.3 Å². The maximum Gasteiger partial charge on any atom is 0.417 e. The van der Waals surface area contributed by atoms with Crippen molar-refractivity contribution in [1.29, 1.82) is 0 Å². The van der Waals surface area contributed by atoms with E-state index >= 15 is 0 Å². The maximum absolute atomic E-state index is 13.3. The number of carbonyl (C=O) groups excluding carboxylic acids is 2. The van der Waals surface area contributed by atoms with Crippen LogP contribution >= 0.6 is 0 Å². The minimum absolute atomic E-state index is 0.201. The molecule has 2 aromatic rings. The molecule has 2 atom stereocenters. The normalized spacial score (nSPS) is 19.5. The number of hydrogen-bond donors (Lipinski definition) is 0. The van der Waals surface area contributed by atoms with Gasteiger partial charge in [-0.1, -0.05) is 81.4 Å². The number of nitrogens with zero attached hydrogens (tertiary/aromatic N) is 1. The van der Waals surface area contributed by atoms with Gasteiger partial charge < -0.3 is 9.16 Å². The minimum atomic E-state index is -1.96. The third kappa shape index (κ3) is 5.87. The second-order valence-corrected chi connectivity index (χ2v) is 13.0. The van der Waals surface area contributed by atoms with E-state index in [1.54, 1.807) is 0 Å². The van der Waals surface area contributed by atoms with Gasteiger partial charge in [0.2, 0.25) is 14.9 Å². The average Bonchev–Trinajstić information content (AvgIpc) is 3.05. The summed E-state index contributed by atoms with van der Waals surface area (Å²) in [6, 6.07) is 20.2. The number of benzene rings is 2. The van der Waals surface area contributed by atoms with Crippen molar-refractivity contribution >= 4 is 31.4 Å². The fourth-order valence-corrected chi connectivity index (χ4v) is 6.43. The molecule has 172 valence electrons. The summed E-state index contributed by atoms with van der Waals surface area (Å²) in [5, 5.41) is 2.33. The van der Waals surface area contributed by atoms with Crippen molar-refractivity contribution in [3.63, 3.8) is 0 Å². The van der Waals surface area contributed by atoms with Crippen molar-refractivity contribution in [2.45, 2.75) is 59.6 Å². The summed E-state index contributed by atoms with van der Waals surface area (Å²) in [6.45, 7) is 11.9. The van der Waals surface area contributed by atoms with E-state index in [0.29, 0.717) is 13.0 Å². The van der Waals surface area contributed by atoms with E-state index in [4.69, 9.17) is 9.16 Å². The zero-order valence-electron chi connectivity index (χ0n) is 20.0. The standard InChI is InChI=1S/C26H35NO4Si/c1-25(2,3)22-17-19(23(28)27(22)24(29)31-26(4,5)6)18-30-32(20-13-9-7-10-14-20)21-15-11-8-12-16-21/h7-16,19,22,32H,17-18H2,1-6H3/t19-,22?/m0/s1. The van der Waals surface area contributed by atoms with Gasteiger partial charge in [0.25, 0.3) is 0 Å². The van der Waals surface area contributed by atoms with E-state index in [0.717, 1.165) is 0 Å². The van der Waals surface area contributed by atoms with E-state index < -0.39 is 20.7 Å². The van der Waals surface area contributed by atoms with Crippen LogP contribution in [0.4, 0.5) is 4.79 Å². The molecule has 0 N–H and O–H groups in total. The third-order valence-electron chi connectivity index (χ3n) is 5.66. The number of carbonyl (C=O) groups is 2. The smallest absolute Gasteiger partial charge is 0.417 e. The lowest BCUT2D eigenvalue weighted by Crippen LogP contribution is -2.48. The van der Waals surface area contributed by atoms with Crippen LogP contribution in [0.15, 0.2) is 60.7 Å². The highest BCUT2D eigenvalue weighted by atomic mass is 28.3. The zero-order valence-corrected chi connectivity index (χ0v) is 21.2. The molecular weight excluding hydrogens is 418 g/mol. The quantitative estimate of drug-likeness (QED) is 0.647. The first-order valence-corrected chi connectivity index (χ1v) is 12.9. The van der Waals surface area contributed by atoms with Crippen LogP contribution in [0.25, 0.3) is 0 Å². The lowest BCUT2D eigenvalue weighted by Gasteiger charge is -2.34. The fraction of sp³-hybridized carbons (Fsp3) is 0.462. The van der Waals surface area contributed by atoms with Gasteiger partial charge in [0.15, 0.2) is 0 Å². The Morgan fingerprint density at radius 1 is 0.938 bits per heavy atom. The Kier molecular flexibility index (Phi) is 7.25.